The van der Waals surface area contributed by atoms with Gasteiger partial charge in [0, 0.05) is 19.0 Å². The molecule has 0 spiro atoms. The fraction of sp³-hybridized carbons (Fsp3) is 0.222. The molecule has 0 saturated heterocycles. The molecular formula is C9H9N3O2. The highest BCUT2D eigenvalue weighted by Crippen LogP contribution is 2.20. The molecule has 14 heavy (non-hydrogen) atoms. The van der Waals surface area contributed by atoms with Gasteiger partial charge in [0.2, 0.25) is 11.8 Å². The Kier molecular flexibility index (Phi) is 2.14. The standard InChI is InChI=1S/C9H9N3O2/c13-7-3-4-8(14)12-9-6(11-7)2-1-5-10-9/h1-2,5H,3-4H2,(H,11,13)(H,10,12,14). The summed E-state index contributed by atoms with van der Waals surface area (Å²) < 4.78 is 0. The van der Waals surface area contributed by atoms with Crippen molar-refractivity contribution in [3.05, 3.63) is 18.3 Å². The molecule has 0 bridgehead atoms. The number of nitrogens with zero attached hydrogens (tertiary/aromatic N) is 1. The molecule has 2 heterocycles. The van der Waals surface area contributed by atoms with Crippen LogP contribution in [0.3, 0.4) is 0 Å². The van der Waals surface area contributed by atoms with Gasteiger partial charge < -0.3 is 10.6 Å². The van der Waals surface area contributed by atoms with E-state index in [-0.39, 0.29) is 24.7 Å². The lowest BCUT2D eigenvalue weighted by Crippen LogP contribution is -2.22. The molecule has 0 aromatic carbocycles. The second kappa shape index (κ2) is 3.45. The zero-order chi connectivity index (χ0) is 9.97. The molecule has 5 nitrogen and oxygen atoms in total. The molecule has 0 aliphatic carbocycles. The highest BCUT2D eigenvalue weighted by atomic mass is 16.2. The number of aromatic nitrogens is 1. The first-order valence-corrected chi connectivity index (χ1v) is 4.30. The number of amides is 2. The van der Waals surface area contributed by atoms with Gasteiger partial charge in [-0.3, -0.25) is 9.59 Å². The van der Waals surface area contributed by atoms with Crippen molar-refractivity contribution in [2.75, 3.05) is 10.6 Å². The van der Waals surface area contributed by atoms with Crippen molar-refractivity contribution in [2.24, 2.45) is 0 Å². The largest absolute Gasteiger partial charge is 0.323 e. The minimum absolute atomic E-state index is 0.158. The smallest absolute Gasteiger partial charge is 0.226 e. The molecular weight excluding hydrogens is 182 g/mol. The number of carbonyl (C=O) groups is 2. The maximum atomic E-state index is 11.2. The van der Waals surface area contributed by atoms with Crippen LogP contribution in [0.25, 0.3) is 0 Å². The van der Waals surface area contributed by atoms with Gasteiger partial charge in [0.05, 0.1) is 5.69 Å². The summed E-state index contributed by atoms with van der Waals surface area (Å²) in [5, 5.41) is 5.28. The first kappa shape index (κ1) is 8.68. The molecule has 0 atom stereocenters. The number of hydrogen-bond donors (Lipinski definition) is 2. The molecule has 2 N–H and O–H groups in total. The lowest BCUT2D eigenvalue weighted by molar-refractivity contribution is -0.121. The molecule has 2 amide bonds. The van der Waals surface area contributed by atoms with E-state index < -0.39 is 0 Å². The number of pyridine rings is 1. The average molecular weight is 191 g/mol. The normalized spacial score (nSPS) is 16.0. The Morgan fingerprint density at radius 2 is 1.86 bits per heavy atom. The fourth-order valence-electron chi connectivity index (χ4n) is 1.24. The summed E-state index contributed by atoms with van der Waals surface area (Å²) in [5.41, 5.74) is 0.547. The third-order valence-electron chi connectivity index (χ3n) is 1.92. The second-order valence-electron chi connectivity index (χ2n) is 3.00. The van der Waals surface area contributed by atoms with Gasteiger partial charge >= 0.3 is 0 Å². The quantitative estimate of drug-likeness (QED) is 0.635. The summed E-state index contributed by atoms with van der Waals surface area (Å²) in [6.07, 6.45) is 1.97. The third kappa shape index (κ3) is 1.71. The molecule has 0 radical (unpaired) electrons. The lowest BCUT2D eigenvalue weighted by atomic mass is 10.2. The number of rotatable bonds is 0. The van der Waals surface area contributed by atoms with Crippen LogP contribution in [-0.2, 0) is 9.59 Å². The Morgan fingerprint density at radius 3 is 2.64 bits per heavy atom. The lowest BCUT2D eigenvalue weighted by Gasteiger charge is -2.13. The summed E-state index contributed by atoms with van der Waals surface area (Å²) >= 11 is 0. The van der Waals surface area contributed by atoms with Gasteiger partial charge in [-0.2, -0.15) is 0 Å². The first-order valence-electron chi connectivity index (χ1n) is 4.30. The molecule has 1 aromatic rings. The molecule has 0 saturated carbocycles. The molecule has 2 rings (SSSR count). The van der Waals surface area contributed by atoms with Crippen LogP contribution in [0, 0.1) is 0 Å². The number of fused-ring (bicyclic) bond motifs is 1. The highest BCUT2D eigenvalue weighted by molar-refractivity contribution is 6.02. The van der Waals surface area contributed by atoms with E-state index in [4.69, 9.17) is 0 Å². The minimum atomic E-state index is -0.181. The maximum Gasteiger partial charge on any atom is 0.226 e. The fourth-order valence-corrected chi connectivity index (χ4v) is 1.24. The van der Waals surface area contributed by atoms with E-state index in [2.05, 4.69) is 15.6 Å². The van der Waals surface area contributed by atoms with Crippen LogP contribution < -0.4 is 10.6 Å². The van der Waals surface area contributed by atoms with Crippen molar-refractivity contribution < 1.29 is 9.59 Å². The number of carbonyl (C=O) groups excluding carboxylic acids is 2. The summed E-state index contributed by atoms with van der Waals surface area (Å²) in [6, 6.07) is 3.40. The van der Waals surface area contributed by atoms with Crippen LogP contribution in [0.15, 0.2) is 18.3 Å². The monoisotopic (exact) mass is 191 g/mol. The van der Waals surface area contributed by atoms with E-state index in [1.807, 2.05) is 0 Å². The van der Waals surface area contributed by atoms with Gasteiger partial charge in [0.1, 0.15) is 0 Å². The molecule has 1 aromatic heterocycles. The van der Waals surface area contributed by atoms with Gasteiger partial charge in [-0.25, -0.2) is 4.98 Å². The summed E-state index contributed by atoms with van der Waals surface area (Å²) in [6.45, 7) is 0. The minimum Gasteiger partial charge on any atom is -0.323 e. The molecule has 5 heteroatoms. The molecule has 72 valence electrons. The van der Waals surface area contributed by atoms with Gasteiger partial charge in [0.25, 0.3) is 0 Å². The van der Waals surface area contributed by atoms with Crippen LogP contribution in [0.2, 0.25) is 0 Å². The Hall–Kier alpha value is -1.91. The van der Waals surface area contributed by atoms with Crippen molar-refractivity contribution in [1.29, 1.82) is 0 Å². The molecule has 0 fully saturated rings. The van der Waals surface area contributed by atoms with Gasteiger partial charge in [0.15, 0.2) is 5.82 Å². The van der Waals surface area contributed by atoms with E-state index in [0.717, 1.165) is 0 Å². The Bertz CT molecular complexity index is 352. The Labute approximate surface area is 80.5 Å². The Balaban J connectivity index is 2.37. The van der Waals surface area contributed by atoms with Gasteiger partial charge in [-0.15, -0.1) is 0 Å². The predicted octanol–water partition coefficient (Wildman–Crippen LogP) is 0.752. The van der Waals surface area contributed by atoms with Crippen LogP contribution in [0.1, 0.15) is 12.8 Å². The van der Waals surface area contributed by atoms with Crippen LogP contribution in [0.5, 0.6) is 0 Å². The second-order valence-corrected chi connectivity index (χ2v) is 3.00. The van der Waals surface area contributed by atoms with Crippen LogP contribution in [-0.4, -0.2) is 16.8 Å². The Morgan fingerprint density at radius 1 is 1.14 bits per heavy atom. The SMILES string of the molecule is O=C1CCC(=O)Nc2ncccc2N1. The van der Waals surface area contributed by atoms with Gasteiger partial charge in [-0.1, -0.05) is 0 Å². The molecule has 1 aliphatic heterocycles. The first-order chi connectivity index (χ1) is 6.75. The van der Waals surface area contributed by atoms with E-state index in [9.17, 15) is 9.59 Å². The average Bonchev–Trinajstić information content (AvgIpc) is 2.16. The zero-order valence-electron chi connectivity index (χ0n) is 7.41. The van der Waals surface area contributed by atoms with E-state index in [0.29, 0.717) is 11.5 Å². The summed E-state index contributed by atoms with van der Waals surface area (Å²) in [7, 11) is 0. The van der Waals surface area contributed by atoms with Crippen molar-refractivity contribution in [3.63, 3.8) is 0 Å². The number of anilines is 2. The van der Waals surface area contributed by atoms with Crippen molar-refractivity contribution in [3.8, 4) is 0 Å². The topological polar surface area (TPSA) is 71.1 Å². The summed E-state index contributed by atoms with van der Waals surface area (Å²) in [5.74, 6) is 0.0689. The number of hydrogen-bond acceptors (Lipinski definition) is 3. The van der Waals surface area contributed by atoms with Crippen LogP contribution >= 0.6 is 0 Å². The van der Waals surface area contributed by atoms with E-state index in [1.54, 1.807) is 18.3 Å². The van der Waals surface area contributed by atoms with E-state index in [1.165, 1.54) is 0 Å². The molecule has 1 aliphatic rings. The predicted molar refractivity (Wildman–Crippen MR) is 50.7 cm³/mol. The van der Waals surface area contributed by atoms with Crippen molar-refractivity contribution in [2.45, 2.75) is 12.8 Å². The van der Waals surface area contributed by atoms with Crippen molar-refractivity contribution in [1.82, 2.24) is 4.98 Å². The molecule has 0 unspecified atom stereocenters. The zero-order valence-corrected chi connectivity index (χ0v) is 7.41. The van der Waals surface area contributed by atoms with Crippen molar-refractivity contribution >= 4 is 23.3 Å². The van der Waals surface area contributed by atoms with Gasteiger partial charge in [-0.05, 0) is 12.1 Å². The summed E-state index contributed by atoms with van der Waals surface area (Å²) in [4.78, 5) is 26.4. The van der Waals surface area contributed by atoms with Crippen LogP contribution in [0.4, 0.5) is 11.5 Å². The number of nitrogens with one attached hydrogen (secondary N) is 2. The third-order valence-corrected chi connectivity index (χ3v) is 1.92. The van der Waals surface area contributed by atoms with E-state index >= 15 is 0 Å². The highest BCUT2D eigenvalue weighted by Gasteiger charge is 2.15. The maximum absolute atomic E-state index is 11.2.